The minimum absolute atomic E-state index is 0.0258. The third kappa shape index (κ3) is 2.81. The molecule has 0 unspecified atom stereocenters. The average molecular weight is 259 g/mol. The van der Waals surface area contributed by atoms with Crippen LogP contribution in [0.3, 0.4) is 0 Å². The van der Waals surface area contributed by atoms with Crippen molar-refractivity contribution in [3.63, 3.8) is 0 Å². The van der Waals surface area contributed by atoms with Crippen LogP contribution >= 0.6 is 0 Å². The van der Waals surface area contributed by atoms with Crippen molar-refractivity contribution in [1.29, 1.82) is 5.26 Å². The number of H-pyrrole nitrogens is 1. The molecular weight excluding hydrogens is 250 g/mol. The highest BCUT2D eigenvalue weighted by atomic mass is 16.6. The van der Waals surface area contributed by atoms with Gasteiger partial charge < -0.3 is 5.32 Å². The number of hydrogen-bond donors (Lipinski definition) is 2. The molecule has 0 aliphatic carbocycles. The van der Waals surface area contributed by atoms with Crippen molar-refractivity contribution < 1.29 is 4.92 Å². The number of hydrogen-bond acceptors (Lipinski definition) is 7. The quantitative estimate of drug-likeness (QED) is 0.594. The summed E-state index contributed by atoms with van der Waals surface area (Å²) in [4.78, 5) is 18.1. The Kier molecular flexibility index (Phi) is 3.63. The number of rotatable bonds is 5. The number of aromatic amines is 1. The first kappa shape index (κ1) is 12.4. The van der Waals surface area contributed by atoms with Crippen molar-refractivity contribution in [3.8, 4) is 6.07 Å². The topological polar surface area (TPSA) is 133 Å². The van der Waals surface area contributed by atoms with Crippen LogP contribution in [0.5, 0.6) is 0 Å². The van der Waals surface area contributed by atoms with Gasteiger partial charge in [0.1, 0.15) is 23.8 Å². The molecular formula is C10H9N7O2. The van der Waals surface area contributed by atoms with Gasteiger partial charge in [0.15, 0.2) is 0 Å². The van der Waals surface area contributed by atoms with Crippen LogP contribution in [0, 0.1) is 21.4 Å². The minimum Gasteiger partial charge on any atom is -0.364 e. The fourth-order valence-electron chi connectivity index (χ4n) is 1.51. The number of anilines is 1. The van der Waals surface area contributed by atoms with Gasteiger partial charge in [-0.1, -0.05) is 0 Å². The molecule has 0 aliphatic rings. The van der Waals surface area contributed by atoms with Gasteiger partial charge >= 0.3 is 5.69 Å². The fraction of sp³-hybridized carbons (Fsp3) is 0.200. The Morgan fingerprint density at radius 1 is 1.53 bits per heavy atom. The SMILES string of the molecule is N#Cc1ccnc(NCCc2ncn[nH]2)c1[N+](=O)[O-]. The second kappa shape index (κ2) is 5.54. The molecule has 2 N–H and O–H groups in total. The summed E-state index contributed by atoms with van der Waals surface area (Å²) >= 11 is 0. The van der Waals surface area contributed by atoms with Gasteiger partial charge in [-0.3, -0.25) is 15.2 Å². The maximum absolute atomic E-state index is 10.9. The van der Waals surface area contributed by atoms with E-state index >= 15 is 0 Å². The molecule has 2 heterocycles. The van der Waals surface area contributed by atoms with Gasteiger partial charge in [-0.25, -0.2) is 9.97 Å². The molecule has 0 radical (unpaired) electrons. The summed E-state index contributed by atoms with van der Waals surface area (Å²) < 4.78 is 0. The maximum atomic E-state index is 10.9. The zero-order chi connectivity index (χ0) is 13.7. The van der Waals surface area contributed by atoms with Crippen molar-refractivity contribution in [3.05, 3.63) is 40.1 Å². The molecule has 0 amide bonds. The molecule has 9 nitrogen and oxygen atoms in total. The van der Waals surface area contributed by atoms with Crippen molar-refractivity contribution >= 4 is 11.5 Å². The van der Waals surface area contributed by atoms with Crippen molar-refractivity contribution in [2.75, 3.05) is 11.9 Å². The highest BCUT2D eigenvalue weighted by Crippen LogP contribution is 2.25. The van der Waals surface area contributed by atoms with Crippen molar-refractivity contribution in [2.24, 2.45) is 0 Å². The number of nitrogens with zero attached hydrogens (tertiary/aromatic N) is 5. The smallest absolute Gasteiger partial charge is 0.328 e. The first-order valence-corrected chi connectivity index (χ1v) is 5.34. The van der Waals surface area contributed by atoms with Crippen LogP contribution in [0.25, 0.3) is 0 Å². The predicted octanol–water partition coefficient (Wildman–Crippen LogP) is 0.634. The normalized spacial score (nSPS) is 9.84. The van der Waals surface area contributed by atoms with Crippen LogP contribution in [0.2, 0.25) is 0 Å². The van der Waals surface area contributed by atoms with Crippen molar-refractivity contribution in [2.45, 2.75) is 6.42 Å². The lowest BCUT2D eigenvalue weighted by Gasteiger charge is -2.05. The van der Waals surface area contributed by atoms with Crippen LogP contribution in [-0.4, -0.2) is 31.6 Å². The number of nitrogens with one attached hydrogen (secondary N) is 2. The molecule has 19 heavy (non-hydrogen) atoms. The van der Waals surface area contributed by atoms with E-state index < -0.39 is 4.92 Å². The monoisotopic (exact) mass is 259 g/mol. The Balaban J connectivity index is 2.12. The summed E-state index contributed by atoms with van der Waals surface area (Å²) in [6, 6.07) is 3.08. The largest absolute Gasteiger partial charge is 0.364 e. The molecule has 0 aliphatic heterocycles. The first-order valence-electron chi connectivity index (χ1n) is 5.34. The van der Waals surface area contributed by atoms with Crippen LogP contribution in [0.1, 0.15) is 11.4 Å². The lowest BCUT2D eigenvalue weighted by molar-refractivity contribution is -0.384. The van der Waals surface area contributed by atoms with E-state index in [1.165, 1.54) is 18.6 Å². The molecule has 96 valence electrons. The number of pyridine rings is 1. The Morgan fingerprint density at radius 2 is 2.37 bits per heavy atom. The Bertz CT molecular complexity index is 617. The Hall–Kier alpha value is -3.02. The molecule has 0 spiro atoms. The molecule has 9 heteroatoms. The summed E-state index contributed by atoms with van der Waals surface area (Å²) in [6.07, 6.45) is 3.24. The summed E-state index contributed by atoms with van der Waals surface area (Å²) in [6.45, 7) is 0.387. The second-order valence-corrected chi connectivity index (χ2v) is 3.53. The Morgan fingerprint density at radius 3 is 3.00 bits per heavy atom. The molecule has 0 saturated carbocycles. The van der Waals surface area contributed by atoms with Gasteiger partial charge in [0.25, 0.3) is 0 Å². The Labute approximate surface area is 107 Å². The van der Waals surface area contributed by atoms with Crippen molar-refractivity contribution in [1.82, 2.24) is 20.2 Å². The van der Waals surface area contributed by atoms with E-state index in [0.29, 0.717) is 18.8 Å². The summed E-state index contributed by atoms with van der Waals surface area (Å²) in [5, 5.41) is 29.0. The van der Waals surface area contributed by atoms with Crippen LogP contribution in [0.4, 0.5) is 11.5 Å². The number of nitro groups is 1. The highest BCUT2D eigenvalue weighted by Gasteiger charge is 2.20. The highest BCUT2D eigenvalue weighted by molar-refractivity contribution is 5.63. The van der Waals surface area contributed by atoms with E-state index in [1.54, 1.807) is 6.07 Å². The van der Waals surface area contributed by atoms with Gasteiger partial charge in [0.2, 0.25) is 5.82 Å². The maximum Gasteiger partial charge on any atom is 0.328 e. The fourth-order valence-corrected chi connectivity index (χ4v) is 1.51. The molecule has 0 atom stereocenters. The number of aromatic nitrogens is 4. The van der Waals surface area contributed by atoms with Crippen LogP contribution < -0.4 is 5.32 Å². The zero-order valence-corrected chi connectivity index (χ0v) is 9.70. The zero-order valence-electron chi connectivity index (χ0n) is 9.70. The standard InChI is InChI=1S/C10H9N7O2/c11-5-7-1-3-12-10(9(7)17(18)19)13-4-2-8-14-6-15-16-8/h1,3,6H,2,4H2,(H,12,13)(H,14,15,16). The lowest BCUT2D eigenvalue weighted by Crippen LogP contribution is -2.10. The lowest BCUT2D eigenvalue weighted by atomic mass is 10.2. The molecule has 0 bridgehead atoms. The third-order valence-corrected chi connectivity index (χ3v) is 2.35. The summed E-state index contributed by atoms with van der Waals surface area (Å²) in [5.74, 6) is 0.732. The molecule has 0 fully saturated rings. The first-order chi connectivity index (χ1) is 9.22. The average Bonchev–Trinajstić information content (AvgIpc) is 2.91. The third-order valence-electron chi connectivity index (χ3n) is 2.35. The van der Waals surface area contributed by atoms with Crippen LogP contribution in [0.15, 0.2) is 18.6 Å². The van der Waals surface area contributed by atoms with E-state index in [1.807, 2.05) is 0 Å². The van der Waals surface area contributed by atoms with E-state index in [4.69, 9.17) is 5.26 Å². The van der Waals surface area contributed by atoms with E-state index in [-0.39, 0.29) is 17.1 Å². The van der Waals surface area contributed by atoms with E-state index in [2.05, 4.69) is 25.5 Å². The summed E-state index contributed by atoms with van der Waals surface area (Å²) in [7, 11) is 0. The molecule has 0 aromatic carbocycles. The van der Waals surface area contributed by atoms with E-state index in [0.717, 1.165) is 0 Å². The molecule has 0 saturated heterocycles. The molecule has 2 aromatic heterocycles. The number of nitriles is 1. The van der Waals surface area contributed by atoms with Gasteiger partial charge in [0, 0.05) is 19.2 Å². The molecule has 2 aromatic rings. The summed E-state index contributed by atoms with van der Waals surface area (Å²) in [5.41, 5.74) is -0.343. The van der Waals surface area contributed by atoms with Gasteiger partial charge in [-0.2, -0.15) is 10.4 Å². The second-order valence-electron chi connectivity index (χ2n) is 3.53. The molecule has 2 rings (SSSR count). The van der Waals surface area contributed by atoms with Crippen LogP contribution in [-0.2, 0) is 6.42 Å². The minimum atomic E-state index is -0.623. The van der Waals surface area contributed by atoms with Gasteiger partial charge in [0.05, 0.1) is 4.92 Å². The van der Waals surface area contributed by atoms with Gasteiger partial charge in [-0.15, -0.1) is 0 Å². The predicted molar refractivity (Wildman–Crippen MR) is 64.2 cm³/mol. The van der Waals surface area contributed by atoms with Gasteiger partial charge in [-0.05, 0) is 6.07 Å². The van der Waals surface area contributed by atoms with E-state index in [9.17, 15) is 10.1 Å².